The second kappa shape index (κ2) is 8.32. The maximum Gasteiger partial charge on any atom is 0.0888 e. The van der Waals surface area contributed by atoms with E-state index in [1.54, 1.807) is 0 Å². The molecule has 0 fully saturated rings. The van der Waals surface area contributed by atoms with Crippen molar-refractivity contribution >= 4 is 25.3 Å². The summed E-state index contributed by atoms with van der Waals surface area (Å²) < 4.78 is 0. The third-order valence-corrected chi connectivity index (χ3v) is 3.79. The van der Waals surface area contributed by atoms with Crippen LogP contribution in [-0.2, 0) is 12.8 Å². The molecular weight excluding hydrogens is 284 g/mol. The van der Waals surface area contributed by atoms with E-state index in [2.05, 4.69) is 59.5 Å². The summed E-state index contributed by atoms with van der Waals surface area (Å²) in [6.07, 6.45) is 7.98. The first kappa shape index (κ1) is 15.4. The van der Waals surface area contributed by atoms with Gasteiger partial charge in [0.15, 0.2) is 0 Å². The number of hydrogen-bond acceptors (Lipinski definition) is 4. The minimum atomic E-state index is 0.912. The lowest BCUT2D eigenvalue weighted by Crippen LogP contribution is -1.94. The Morgan fingerprint density at radius 2 is 1.20 bits per heavy atom. The molecule has 2 nitrogen and oxygen atoms in total. The smallest absolute Gasteiger partial charge is 0.0888 e. The fourth-order valence-electron chi connectivity index (χ4n) is 2.11. The highest BCUT2D eigenvalue weighted by Gasteiger charge is 2.04. The van der Waals surface area contributed by atoms with Gasteiger partial charge >= 0.3 is 0 Å². The van der Waals surface area contributed by atoms with Crippen LogP contribution in [0.15, 0.2) is 36.7 Å². The van der Waals surface area contributed by atoms with Crippen LogP contribution in [0.5, 0.6) is 0 Å². The summed E-state index contributed by atoms with van der Waals surface area (Å²) in [6.45, 7) is 0. The molecule has 0 unspecified atom stereocenters. The Morgan fingerprint density at radius 1 is 0.750 bits per heavy atom. The Morgan fingerprint density at radius 3 is 1.60 bits per heavy atom. The van der Waals surface area contributed by atoms with Crippen LogP contribution in [0.1, 0.15) is 24.0 Å². The minimum Gasteiger partial charge on any atom is -0.255 e. The van der Waals surface area contributed by atoms with E-state index >= 15 is 0 Å². The van der Waals surface area contributed by atoms with Gasteiger partial charge in [-0.2, -0.15) is 25.3 Å². The zero-order valence-electron chi connectivity index (χ0n) is 11.5. The van der Waals surface area contributed by atoms with Crippen LogP contribution in [0.4, 0.5) is 0 Å². The maximum atomic E-state index is 4.44. The molecule has 0 aliphatic carbocycles. The monoisotopic (exact) mass is 304 g/mol. The SMILES string of the molecule is SCCCc1ccnc(-c2cc(CCCS)ccn2)c1. The van der Waals surface area contributed by atoms with Crippen LogP contribution in [0, 0.1) is 0 Å². The quantitative estimate of drug-likeness (QED) is 0.759. The lowest BCUT2D eigenvalue weighted by atomic mass is 10.1. The first-order chi connectivity index (χ1) is 9.83. The predicted octanol–water partition coefficient (Wildman–Crippen LogP) is 3.87. The summed E-state index contributed by atoms with van der Waals surface area (Å²) in [6, 6.07) is 8.40. The molecule has 0 aliphatic rings. The lowest BCUT2D eigenvalue weighted by Gasteiger charge is -2.06. The molecule has 0 aromatic carbocycles. The Hall–Kier alpha value is -1.00. The highest BCUT2D eigenvalue weighted by Crippen LogP contribution is 2.18. The molecule has 0 bridgehead atoms. The number of aromatic nitrogens is 2. The van der Waals surface area contributed by atoms with Gasteiger partial charge in [-0.1, -0.05) is 0 Å². The van der Waals surface area contributed by atoms with Crippen LogP contribution in [0.3, 0.4) is 0 Å². The molecule has 0 atom stereocenters. The summed E-state index contributed by atoms with van der Waals surface area (Å²) in [7, 11) is 0. The van der Waals surface area contributed by atoms with Gasteiger partial charge in [0.05, 0.1) is 11.4 Å². The lowest BCUT2D eigenvalue weighted by molar-refractivity contribution is 0.928. The number of pyridine rings is 2. The topological polar surface area (TPSA) is 25.8 Å². The van der Waals surface area contributed by atoms with E-state index in [0.717, 1.165) is 48.6 Å². The van der Waals surface area contributed by atoms with Gasteiger partial charge in [0, 0.05) is 12.4 Å². The van der Waals surface area contributed by atoms with Crippen molar-refractivity contribution in [2.75, 3.05) is 11.5 Å². The Balaban J connectivity index is 2.17. The van der Waals surface area contributed by atoms with Crippen LogP contribution in [-0.4, -0.2) is 21.5 Å². The van der Waals surface area contributed by atoms with E-state index in [1.807, 2.05) is 12.4 Å². The van der Waals surface area contributed by atoms with Gasteiger partial charge in [-0.3, -0.25) is 9.97 Å². The molecular formula is C16H20N2S2. The summed E-state index contributed by atoms with van der Waals surface area (Å²) in [4.78, 5) is 8.88. The number of nitrogens with zero attached hydrogens (tertiary/aromatic N) is 2. The second-order valence-electron chi connectivity index (χ2n) is 4.75. The molecule has 0 saturated heterocycles. The maximum absolute atomic E-state index is 4.44. The van der Waals surface area contributed by atoms with E-state index in [0.29, 0.717) is 0 Å². The van der Waals surface area contributed by atoms with E-state index in [9.17, 15) is 0 Å². The van der Waals surface area contributed by atoms with Gasteiger partial charge in [-0.05, 0) is 72.6 Å². The fraction of sp³-hybridized carbons (Fsp3) is 0.375. The summed E-state index contributed by atoms with van der Waals surface area (Å²) in [5.41, 5.74) is 4.50. The van der Waals surface area contributed by atoms with Gasteiger partial charge in [-0.25, -0.2) is 0 Å². The number of aryl methyl sites for hydroxylation is 2. The third-order valence-electron chi connectivity index (χ3n) is 3.16. The Bertz CT molecular complexity index is 494. The largest absolute Gasteiger partial charge is 0.255 e. The standard InChI is InChI=1S/C16H20N2S2/c19-9-1-3-13-5-7-17-15(11-13)16-12-14(4-2-10-20)6-8-18-16/h5-8,11-12,19-20H,1-4,9-10H2. The third kappa shape index (κ3) is 4.53. The van der Waals surface area contributed by atoms with Crippen molar-refractivity contribution in [1.82, 2.24) is 9.97 Å². The van der Waals surface area contributed by atoms with Crippen LogP contribution in [0.25, 0.3) is 11.4 Å². The van der Waals surface area contributed by atoms with Crippen molar-refractivity contribution in [3.05, 3.63) is 47.8 Å². The molecule has 106 valence electrons. The van der Waals surface area contributed by atoms with Gasteiger partial charge in [0.2, 0.25) is 0 Å². The van der Waals surface area contributed by atoms with E-state index < -0.39 is 0 Å². The number of hydrogen-bond donors (Lipinski definition) is 2. The first-order valence-corrected chi connectivity index (χ1v) is 8.22. The van der Waals surface area contributed by atoms with Crippen molar-refractivity contribution in [2.24, 2.45) is 0 Å². The number of thiol groups is 2. The Labute approximate surface area is 131 Å². The summed E-state index contributed by atoms with van der Waals surface area (Å²) in [5, 5.41) is 0. The molecule has 0 radical (unpaired) electrons. The highest BCUT2D eigenvalue weighted by molar-refractivity contribution is 7.80. The Kier molecular flexibility index (Phi) is 6.40. The number of rotatable bonds is 7. The van der Waals surface area contributed by atoms with Crippen LogP contribution >= 0.6 is 25.3 Å². The molecule has 0 saturated carbocycles. The molecule has 0 spiro atoms. The molecule has 4 heteroatoms. The van der Waals surface area contributed by atoms with Crippen LogP contribution in [0.2, 0.25) is 0 Å². The van der Waals surface area contributed by atoms with Gasteiger partial charge < -0.3 is 0 Å². The second-order valence-corrected chi connectivity index (χ2v) is 5.65. The molecule has 20 heavy (non-hydrogen) atoms. The first-order valence-electron chi connectivity index (χ1n) is 6.95. The normalized spacial score (nSPS) is 10.7. The van der Waals surface area contributed by atoms with Gasteiger partial charge in [-0.15, -0.1) is 0 Å². The fourth-order valence-corrected chi connectivity index (χ4v) is 2.42. The molecule has 0 N–H and O–H groups in total. The average molecular weight is 304 g/mol. The minimum absolute atomic E-state index is 0.912. The van der Waals surface area contributed by atoms with Crippen molar-refractivity contribution in [3.63, 3.8) is 0 Å². The molecule has 2 aromatic heterocycles. The molecule has 0 aliphatic heterocycles. The molecule has 2 rings (SSSR count). The predicted molar refractivity (Wildman–Crippen MR) is 91.8 cm³/mol. The van der Waals surface area contributed by atoms with Crippen molar-refractivity contribution in [2.45, 2.75) is 25.7 Å². The molecule has 2 aromatic rings. The van der Waals surface area contributed by atoms with Crippen molar-refractivity contribution < 1.29 is 0 Å². The van der Waals surface area contributed by atoms with Crippen LogP contribution < -0.4 is 0 Å². The molecule has 2 heterocycles. The van der Waals surface area contributed by atoms with Gasteiger partial charge in [0.1, 0.15) is 0 Å². The highest BCUT2D eigenvalue weighted by atomic mass is 32.1. The van der Waals surface area contributed by atoms with Crippen molar-refractivity contribution in [3.8, 4) is 11.4 Å². The van der Waals surface area contributed by atoms with E-state index in [-0.39, 0.29) is 0 Å². The summed E-state index contributed by atoms with van der Waals surface area (Å²) in [5.74, 6) is 1.82. The van der Waals surface area contributed by atoms with Crippen molar-refractivity contribution in [1.29, 1.82) is 0 Å². The zero-order chi connectivity index (χ0) is 14.2. The zero-order valence-corrected chi connectivity index (χ0v) is 13.3. The summed E-state index contributed by atoms with van der Waals surface area (Å²) >= 11 is 8.52. The van der Waals surface area contributed by atoms with E-state index in [1.165, 1.54) is 11.1 Å². The average Bonchev–Trinajstić information content (AvgIpc) is 2.51. The van der Waals surface area contributed by atoms with E-state index in [4.69, 9.17) is 0 Å². The van der Waals surface area contributed by atoms with Gasteiger partial charge in [0.25, 0.3) is 0 Å². The molecule has 0 amide bonds.